The summed E-state index contributed by atoms with van der Waals surface area (Å²) >= 11 is 12.5. The van der Waals surface area contributed by atoms with E-state index in [1.807, 2.05) is 25.1 Å². The summed E-state index contributed by atoms with van der Waals surface area (Å²) in [5.74, 6) is -0.140. The standard InChI is InChI=1S/C27H27Cl2N5O4/c1-16(17-5-7-18(28)8-6-17)34-25-24(31-32-34)27(15-22(35)30-25)20-14-19(29)9-10-21(20)33(26(27)36)11-13-38-23-4-2-3-12-37-23/h5-10,14,16,23H,2-4,11-13,15H2,1H3,(H,30,35)/t16-,23?,27+/m0/s1. The molecule has 1 saturated heterocycles. The topological polar surface area (TPSA) is 98.6 Å². The maximum Gasteiger partial charge on any atom is 0.244 e. The lowest BCUT2D eigenvalue weighted by Crippen LogP contribution is -2.47. The Hall–Kier alpha value is -2.98. The Morgan fingerprint density at radius 2 is 1.95 bits per heavy atom. The molecule has 1 aromatic heterocycles. The van der Waals surface area contributed by atoms with E-state index in [1.165, 1.54) is 0 Å². The van der Waals surface area contributed by atoms with E-state index in [1.54, 1.807) is 33.8 Å². The minimum atomic E-state index is -1.34. The van der Waals surface area contributed by atoms with Crippen LogP contribution in [-0.2, 0) is 24.5 Å². The number of aromatic nitrogens is 3. The van der Waals surface area contributed by atoms with Gasteiger partial charge < -0.3 is 19.7 Å². The number of carbonyl (C=O) groups is 2. The molecule has 0 radical (unpaired) electrons. The molecule has 3 atom stereocenters. The maximum atomic E-state index is 14.3. The average Bonchev–Trinajstić information content (AvgIpc) is 3.43. The Bertz CT molecular complexity index is 1390. The first kappa shape index (κ1) is 25.3. The van der Waals surface area contributed by atoms with Crippen molar-refractivity contribution in [2.45, 2.75) is 50.4 Å². The van der Waals surface area contributed by atoms with Gasteiger partial charge in [0.15, 0.2) is 12.1 Å². The van der Waals surface area contributed by atoms with Crippen LogP contribution in [0.3, 0.4) is 0 Å². The van der Waals surface area contributed by atoms with Gasteiger partial charge in [0.2, 0.25) is 11.8 Å². The Kier molecular flexibility index (Phi) is 6.63. The number of hydrogen-bond donors (Lipinski definition) is 1. The zero-order valence-electron chi connectivity index (χ0n) is 20.8. The highest BCUT2D eigenvalue weighted by molar-refractivity contribution is 6.31. The first-order valence-corrected chi connectivity index (χ1v) is 13.5. The second kappa shape index (κ2) is 9.96. The van der Waals surface area contributed by atoms with E-state index in [-0.39, 0.29) is 30.6 Å². The number of fused-ring (bicyclic) bond motifs is 4. The number of nitrogens with zero attached hydrogens (tertiary/aromatic N) is 4. The molecule has 1 unspecified atom stereocenters. The van der Waals surface area contributed by atoms with E-state index in [4.69, 9.17) is 32.7 Å². The summed E-state index contributed by atoms with van der Waals surface area (Å²) in [6.45, 7) is 3.24. The van der Waals surface area contributed by atoms with Crippen LogP contribution in [-0.4, -0.2) is 52.9 Å². The summed E-state index contributed by atoms with van der Waals surface area (Å²) in [4.78, 5) is 29.1. The van der Waals surface area contributed by atoms with E-state index in [0.717, 1.165) is 24.8 Å². The van der Waals surface area contributed by atoms with E-state index < -0.39 is 5.41 Å². The third kappa shape index (κ3) is 4.18. The van der Waals surface area contributed by atoms with Crippen LogP contribution in [0.4, 0.5) is 11.5 Å². The number of benzene rings is 2. The van der Waals surface area contributed by atoms with Gasteiger partial charge in [-0.2, -0.15) is 0 Å². The lowest BCUT2D eigenvalue weighted by atomic mass is 9.73. The summed E-state index contributed by atoms with van der Waals surface area (Å²) in [5.41, 5.74) is 1.34. The molecule has 38 heavy (non-hydrogen) atoms. The van der Waals surface area contributed by atoms with Crippen LogP contribution in [0.15, 0.2) is 42.5 Å². The lowest BCUT2D eigenvalue weighted by molar-refractivity contribution is -0.161. The largest absolute Gasteiger partial charge is 0.353 e. The molecule has 0 aliphatic carbocycles. The predicted octanol–water partition coefficient (Wildman–Crippen LogP) is 4.71. The molecule has 6 rings (SSSR count). The SMILES string of the molecule is C[C@@H](c1ccc(Cl)cc1)n1nnc2c1NC(=O)C[C@]21C(=O)N(CCOC2CCCCO2)c2ccc(Cl)cc21. The summed E-state index contributed by atoms with van der Waals surface area (Å²) in [7, 11) is 0. The Morgan fingerprint density at radius 1 is 1.16 bits per heavy atom. The van der Waals surface area contributed by atoms with Gasteiger partial charge in [0.05, 0.1) is 19.1 Å². The first-order chi connectivity index (χ1) is 18.4. The predicted molar refractivity (Wildman–Crippen MR) is 143 cm³/mol. The number of ether oxygens (including phenoxy) is 2. The van der Waals surface area contributed by atoms with Gasteiger partial charge in [-0.15, -0.1) is 5.10 Å². The first-order valence-electron chi connectivity index (χ1n) is 12.7. The van der Waals surface area contributed by atoms with E-state index in [2.05, 4.69) is 15.6 Å². The van der Waals surface area contributed by atoms with Gasteiger partial charge in [0.1, 0.15) is 11.1 Å². The number of nitrogens with one attached hydrogen (secondary N) is 1. The monoisotopic (exact) mass is 555 g/mol. The molecule has 3 aliphatic heterocycles. The smallest absolute Gasteiger partial charge is 0.244 e. The van der Waals surface area contributed by atoms with Crippen molar-refractivity contribution in [1.82, 2.24) is 15.0 Å². The van der Waals surface area contributed by atoms with Gasteiger partial charge >= 0.3 is 0 Å². The second-order valence-electron chi connectivity index (χ2n) is 9.87. The molecule has 2 amide bonds. The van der Waals surface area contributed by atoms with Crippen molar-refractivity contribution < 1.29 is 19.1 Å². The third-order valence-electron chi connectivity index (χ3n) is 7.58. The lowest BCUT2D eigenvalue weighted by Gasteiger charge is -2.31. The van der Waals surface area contributed by atoms with Crippen molar-refractivity contribution >= 4 is 46.5 Å². The molecule has 0 saturated carbocycles. The second-order valence-corrected chi connectivity index (χ2v) is 10.7. The van der Waals surface area contributed by atoms with E-state index in [0.29, 0.717) is 52.6 Å². The quantitative estimate of drug-likeness (QED) is 0.472. The number of halogens is 2. The van der Waals surface area contributed by atoms with Crippen LogP contribution in [0.25, 0.3) is 0 Å². The number of carbonyl (C=O) groups excluding carboxylic acids is 2. The Labute approximate surface area is 230 Å². The Balaban J connectivity index is 1.37. The summed E-state index contributed by atoms with van der Waals surface area (Å²) in [5, 5.41) is 12.9. The molecule has 4 heterocycles. The van der Waals surface area contributed by atoms with Gasteiger partial charge in [-0.3, -0.25) is 9.59 Å². The molecular weight excluding hydrogens is 529 g/mol. The molecule has 2 aromatic carbocycles. The minimum Gasteiger partial charge on any atom is -0.353 e. The van der Waals surface area contributed by atoms with Gasteiger partial charge in [-0.05, 0) is 67.6 Å². The van der Waals surface area contributed by atoms with Crippen molar-refractivity contribution in [3.05, 3.63) is 69.3 Å². The number of hydrogen-bond acceptors (Lipinski definition) is 6. The molecule has 0 bridgehead atoms. The maximum absolute atomic E-state index is 14.3. The Morgan fingerprint density at radius 3 is 2.71 bits per heavy atom. The normalized spacial score (nSPS) is 23.3. The number of rotatable bonds is 6. The van der Waals surface area contributed by atoms with Gasteiger partial charge in [0.25, 0.3) is 0 Å². The fourth-order valence-corrected chi connectivity index (χ4v) is 5.93. The zero-order chi connectivity index (χ0) is 26.4. The molecule has 1 fully saturated rings. The van der Waals surface area contributed by atoms with Gasteiger partial charge in [-0.25, -0.2) is 4.68 Å². The van der Waals surface area contributed by atoms with Crippen LogP contribution >= 0.6 is 23.2 Å². The van der Waals surface area contributed by atoms with Gasteiger partial charge in [0, 0.05) is 28.9 Å². The fourth-order valence-electron chi connectivity index (χ4n) is 5.63. The zero-order valence-corrected chi connectivity index (χ0v) is 22.3. The molecule has 1 N–H and O–H groups in total. The summed E-state index contributed by atoms with van der Waals surface area (Å²) in [6.07, 6.45) is 2.57. The van der Waals surface area contributed by atoms with Crippen molar-refractivity contribution in [1.29, 1.82) is 0 Å². The van der Waals surface area contributed by atoms with Crippen LogP contribution < -0.4 is 10.2 Å². The number of anilines is 2. The number of amides is 2. The molecule has 1 spiro atoms. The minimum absolute atomic E-state index is 0.0940. The highest BCUT2D eigenvalue weighted by Gasteiger charge is 2.58. The summed E-state index contributed by atoms with van der Waals surface area (Å²) in [6, 6.07) is 12.4. The molecular formula is C27H27Cl2N5O4. The van der Waals surface area contributed by atoms with E-state index in [9.17, 15) is 9.59 Å². The van der Waals surface area contributed by atoms with Crippen LogP contribution in [0, 0.1) is 0 Å². The molecule has 11 heteroatoms. The average molecular weight is 556 g/mol. The molecule has 198 valence electrons. The highest BCUT2D eigenvalue weighted by atomic mass is 35.5. The van der Waals surface area contributed by atoms with Crippen molar-refractivity contribution in [2.24, 2.45) is 0 Å². The fraction of sp³-hybridized carbons (Fsp3) is 0.407. The molecule has 9 nitrogen and oxygen atoms in total. The van der Waals surface area contributed by atoms with Crippen molar-refractivity contribution in [3.8, 4) is 0 Å². The molecule has 3 aromatic rings. The molecule has 3 aliphatic rings. The highest BCUT2D eigenvalue weighted by Crippen LogP contribution is 2.52. The third-order valence-corrected chi connectivity index (χ3v) is 8.06. The summed E-state index contributed by atoms with van der Waals surface area (Å²) < 4.78 is 13.2. The van der Waals surface area contributed by atoms with E-state index >= 15 is 0 Å². The van der Waals surface area contributed by atoms with Crippen LogP contribution in [0.1, 0.15) is 55.5 Å². The van der Waals surface area contributed by atoms with Crippen LogP contribution in [0.2, 0.25) is 10.0 Å². The van der Waals surface area contributed by atoms with Crippen molar-refractivity contribution in [3.63, 3.8) is 0 Å². The van der Waals surface area contributed by atoms with Gasteiger partial charge in [-0.1, -0.05) is 40.5 Å². The van der Waals surface area contributed by atoms with Crippen molar-refractivity contribution in [2.75, 3.05) is 30.0 Å². The van der Waals surface area contributed by atoms with Crippen LogP contribution in [0.5, 0.6) is 0 Å².